The van der Waals surface area contributed by atoms with Crippen molar-refractivity contribution in [3.05, 3.63) is 48.5 Å². The monoisotopic (exact) mass is 310 g/mol. The lowest BCUT2D eigenvalue weighted by molar-refractivity contribution is 0.706. The van der Waals surface area contributed by atoms with E-state index in [0.717, 1.165) is 16.9 Å². The van der Waals surface area contributed by atoms with Crippen molar-refractivity contribution in [1.29, 1.82) is 0 Å². The van der Waals surface area contributed by atoms with Gasteiger partial charge in [-0.25, -0.2) is 4.98 Å². The number of para-hydroxylation sites is 2. The Morgan fingerprint density at radius 3 is 2.64 bits per heavy atom. The first-order valence-corrected chi connectivity index (χ1v) is 9.04. The summed E-state index contributed by atoms with van der Waals surface area (Å²) in [4.78, 5) is 9.49. The molecule has 0 fully saturated rings. The highest BCUT2D eigenvalue weighted by molar-refractivity contribution is 7.99. The van der Waals surface area contributed by atoms with Crippen LogP contribution in [0.25, 0.3) is 22.4 Å². The predicted octanol–water partition coefficient (Wildman–Crippen LogP) is 5.90. The first kappa shape index (κ1) is 15.2. The third-order valence-corrected chi connectivity index (χ3v) is 4.95. The molecule has 2 nitrogen and oxygen atoms in total. The molecule has 3 heteroatoms. The average molecular weight is 310 g/mol. The van der Waals surface area contributed by atoms with Gasteiger partial charge in [0.05, 0.1) is 11.0 Å². The first-order chi connectivity index (χ1) is 10.9. The number of H-pyrrole nitrogens is 1. The Bertz CT molecular complexity index is 700. The number of aromatic amines is 1. The summed E-state index contributed by atoms with van der Waals surface area (Å²) >= 11 is 1.94. The van der Waals surface area contributed by atoms with E-state index in [2.05, 4.69) is 48.3 Å². The molecule has 0 unspecified atom stereocenters. The van der Waals surface area contributed by atoms with Gasteiger partial charge in [-0.15, -0.1) is 11.8 Å². The van der Waals surface area contributed by atoms with Crippen LogP contribution in [0, 0.1) is 0 Å². The molecule has 0 radical (unpaired) electrons. The van der Waals surface area contributed by atoms with Crippen molar-refractivity contribution in [2.45, 2.75) is 37.5 Å². The molecule has 2 aromatic carbocycles. The summed E-state index contributed by atoms with van der Waals surface area (Å²) in [7, 11) is 0. The fraction of sp³-hybridized carbons (Fsp3) is 0.316. The van der Waals surface area contributed by atoms with Crippen molar-refractivity contribution >= 4 is 22.8 Å². The van der Waals surface area contributed by atoms with Gasteiger partial charge in [-0.2, -0.15) is 0 Å². The molecule has 0 saturated heterocycles. The van der Waals surface area contributed by atoms with Crippen LogP contribution in [0.4, 0.5) is 0 Å². The second-order valence-electron chi connectivity index (χ2n) is 5.51. The maximum Gasteiger partial charge on any atom is 0.139 e. The van der Waals surface area contributed by atoms with Crippen molar-refractivity contribution in [2.24, 2.45) is 0 Å². The topological polar surface area (TPSA) is 28.7 Å². The number of fused-ring (bicyclic) bond motifs is 1. The highest BCUT2D eigenvalue weighted by Crippen LogP contribution is 2.31. The molecule has 1 heterocycles. The molecule has 0 aliphatic rings. The summed E-state index contributed by atoms with van der Waals surface area (Å²) < 4.78 is 0. The zero-order chi connectivity index (χ0) is 15.2. The van der Waals surface area contributed by atoms with Crippen LogP contribution in [0.2, 0.25) is 0 Å². The molecule has 0 spiro atoms. The van der Waals surface area contributed by atoms with Crippen molar-refractivity contribution in [3.8, 4) is 11.4 Å². The van der Waals surface area contributed by atoms with Gasteiger partial charge < -0.3 is 4.98 Å². The fourth-order valence-corrected chi connectivity index (χ4v) is 3.64. The minimum absolute atomic E-state index is 0.970. The zero-order valence-electron chi connectivity index (χ0n) is 13.0. The second kappa shape index (κ2) is 7.50. The van der Waals surface area contributed by atoms with E-state index in [1.165, 1.54) is 41.9 Å². The molecule has 0 amide bonds. The van der Waals surface area contributed by atoms with Crippen LogP contribution in [0.15, 0.2) is 53.4 Å². The Hall–Kier alpha value is -1.74. The lowest BCUT2D eigenvalue weighted by Gasteiger charge is -2.06. The number of imidazole rings is 1. The predicted molar refractivity (Wildman–Crippen MR) is 96.4 cm³/mol. The van der Waals surface area contributed by atoms with Crippen LogP contribution in [-0.4, -0.2) is 15.7 Å². The molecular weight excluding hydrogens is 288 g/mol. The average Bonchev–Trinajstić information content (AvgIpc) is 2.99. The maximum atomic E-state index is 4.73. The Morgan fingerprint density at radius 1 is 0.955 bits per heavy atom. The number of rotatable bonds is 7. The van der Waals surface area contributed by atoms with Crippen molar-refractivity contribution in [3.63, 3.8) is 0 Å². The van der Waals surface area contributed by atoms with E-state index >= 15 is 0 Å². The van der Waals surface area contributed by atoms with Crippen LogP contribution in [0.1, 0.15) is 32.6 Å². The highest BCUT2D eigenvalue weighted by atomic mass is 32.2. The van der Waals surface area contributed by atoms with Crippen molar-refractivity contribution in [1.82, 2.24) is 9.97 Å². The number of thioether (sulfide) groups is 1. The number of nitrogens with one attached hydrogen (secondary N) is 1. The van der Waals surface area contributed by atoms with E-state index in [4.69, 9.17) is 4.98 Å². The molecule has 3 rings (SSSR count). The van der Waals surface area contributed by atoms with E-state index in [0.29, 0.717) is 0 Å². The minimum atomic E-state index is 0.970. The second-order valence-corrected chi connectivity index (χ2v) is 6.64. The molecule has 3 aromatic rings. The Labute approximate surface area is 136 Å². The van der Waals surface area contributed by atoms with Gasteiger partial charge in [-0.05, 0) is 30.4 Å². The lowest BCUT2D eigenvalue weighted by Crippen LogP contribution is -1.87. The van der Waals surface area contributed by atoms with Crippen LogP contribution in [0.3, 0.4) is 0 Å². The highest BCUT2D eigenvalue weighted by Gasteiger charge is 2.09. The summed E-state index contributed by atoms with van der Waals surface area (Å²) in [6, 6.07) is 16.8. The largest absolute Gasteiger partial charge is 0.338 e. The van der Waals surface area contributed by atoms with Gasteiger partial charge in [-0.3, -0.25) is 0 Å². The Balaban J connectivity index is 1.78. The summed E-state index contributed by atoms with van der Waals surface area (Å²) in [6.45, 7) is 2.25. The van der Waals surface area contributed by atoms with Crippen molar-refractivity contribution < 1.29 is 0 Å². The van der Waals surface area contributed by atoms with E-state index in [1.54, 1.807) is 0 Å². The summed E-state index contributed by atoms with van der Waals surface area (Å²) in [5.41, 5.74) is 3.33. The molecule has 22 heavy (non-hydrogen) atoms. The Morgan fingerprint density at radius 2 is 1.77 bits per heavy atom. The molecule has 0 saturated carbocycles. The molecule has 1 N–H and O–H groups in total. The van der Waals surface area contributed by atoms with Crippen molar-refractivity contribution in [2.75, 3.05) is 5.75 Å². The van der Waals surface area contributed by atoms with E-state index in [1.807, 2.05) is 23.9 Å². The molecular formula is C19H22N2S. The normalized spacial score (nSPS) is 11.1. The minimum Gasteiger partial charge on any atom is -0.338 e. The smallest absolute Gasteiger partial charge is 0.139 e. The summed E-state index contributed by atoms with van der Waals surface area (Å²) in [5.74, 6) is 2.15. The van der Waals surface area contributed by atoms with E-state index < -0.39 is 0 Å². The quantitative estimate of drug-likeness (QED) is 0.434. The van der Waals surface area contributed by atoms with Gasteiger partial charge in [-0.1, -0.05) is 56.5 Å². The summed E-state index contributed by atoms with van der Waals surface area (Å²) in [5, 5.41) is 0. The number of benzene rings is 2. The fourth-order valence-electron chi connectivity index (χ4n) is 2.58. The molecule has 114 valence electrons. The first-order valence-electron chi connectivity index (χ1n) is 8.05. The van der Waals surface area contributed by atoms with Gasteiger partial charge in [0.25, 0.3) is 0 Å². The van der Waals surface area contributed by atoms with Crippen LogP contribution in [-0.2, 0) is 0 Å². The maximum absolute atomic E-state index is 4.73. The third kappa shape index (κ3) is 3.53. The number of hydrogen-bond acceptors (Lipinski definition) is 2. The lowest BCUT2D eigenvalue weighted by atomic mass is 10.2. The Kier molecular flexibility index (Phi) is 5.17. The molecule has 0 bridgehead atoms. The zero-order valence-corrected chi connectivity index (χ0v) is 13.8. The number of unbranched alkanes of at least 4 members (excludes halogenated alkanes) is 3. The van der Waals surface area contributed by atoms with Gasteiger partial charge >= 0.3 is 0 Å². The summed E-state index contributed by atoms with van der Waals surface area (Å²) in [6.07, 6.45) is 5.25. The van der Waals surface area contributed by atoms with Crippen LogP contribution < -0.4 is 0 Å². The van der Waals surface area contributed by atoms with Gasteiger partial charge in [0, 0.05) is 10.5 Å². The van der Waals surface area contributed by atoms with E-state index in [-0.39, 0.29) is 0 Å². The number of nitrogens with zero attached hydrogens (tertiary/aromatic N) is 1. The third-order valence-electron chi connectivity index (χ3n) is 3.79. The molecule has 1 aromatic heterocycles. The molecule has 0 aliphatic carbocycles. The molecule has 0 atom stereocenters. The van der Waals surface area contributed by atoms with Crippen LogP contribution in [0.5, 0.6) is 0 Å². The van der Waals surface area contributed by atoms with Gasteiger partial charge in [0.2, 0.25) is 0 Å². The number of aromatic nitrogens is 2. The standard InChI is InChI=1S/C19H22N2S/c1-2-3-4-9-14-22-18-13-8-5-10-15(18)19-20-16-11-6-7-12-17(16)21-19/h5-8,10-13H,2-4,9,14H2,1H3,(H,20,21). The van der Waals surface area contributed by atoms with Crippen LogP contribution >= 0.6 is 11.8 Å². The molecule has 0 aliphatic heterocycles. The van der Waals surface area contributed by atoms with Gasteiger partial charge in [0.1, 0.15) is 5.82 Å². The van der Waals surface area contributed by atoms with Gasteiger partial charge in [0.15, 0.2) is 0 Å². The SMILES string of the molecule is CCCCCCSc1ccccc1-c1nc2ccccc2[nH]1. The van der Waals surface area contributed by atoms with E-state index in [9.17, 15) is 0 Å². The number of hydrogen-bond donors (Lipinski definition) is 1.